The third-order valence-corrected chi connectivity index (χ3v) is 5.62. The number of carboxylic acid groups (broad SMARTS) is 1. The summed E-state index contributed by atoms with van der Waals surface area (Å²) in [7, 11) is 1.72. The van der Waals surface area contributed by atoms with Gasteiger partial charge in [-0.1, -0.05) is 27.7 Å². The van der Waals surface area contributed by atoms with Gasteiger partial charge < -0.3 is 9.84 Å². The Morgan fingerprint density at radius 2 is 1.95 bits per heavy atom. The fraction of sp³-hybridized carbons (Fsp3) is 0.750. The van der Waals surface area contributed by atoms with Crippen molar-refractivity contribution in [1.82, 2.24) is 4.98 Å². The van der Waals surface area contributed by atoms with Crippen molar-refractivity contribution in [3.63, 3.8) is 0 Å². The molecule has 1 aliphatic rings. The number of carbonyl (C=O) groups is 1. The van der Waals surface area contributed by atoms with E-state index in [4.69, 9.17) is 9.72 Å². The van der Waals surface area contributed by atoms with Crippen molar-refractivity contribution in [3.8, 4) is 0 Å². The number of rotatable bonds is 3. The Balaban J connectivity index is 2.46. The van der Waals surface area contributed by atoms with Gasteiger partial charge in [0.2, 0.25) is 0 Å². The van der Waals surface area contributed by atoms with Gasteiger partial charge in [-0.15, -0.1) is 11.3 Å². The minimum absolute atomic E-state index is 0.278. The Morgan fingerprint density at radius 1 is 1.38 bits per heavy atom. The predicted octanol–water partition coefficient (Wildman–Crippen LogP) is 4.19. The maximum atomic E-state index is 11.5. The summed E-state index contributed by atoms with van der Waals surface area (Å²) in [4.78, 5) is 16.6. The molecule has 0 radical (unpaired) electrons. The van der Waals surface area contributed by atoms with Crippen LogP contribution in [0.5, 0.6) is 0 Å². The van der Waals surface area contributed by atoms with E-state index in [1.54, 1.807) is 7.11 Å². The summed E-state index contributed by atoms with van der Waals surface area (Å²) in [5, 5.41) is 10.3. The molecule has 1 aromatic heterocycles. The highest BCUT2D eigenvalue weighted by atomic mass is 32.1. The number of carboxylic acids is 1. The Hall–Kier alpha value is -0.940. The van der Waals surface area contributed by atoms with Gasteiger partial charge in [0.1, 0.15) is 15.5 Å². The molecule has 0 atom stereocenters. The van der Waals surface area contributed by atoms with Crippen molar-refractivity contribution in [2.24, 2.45) is 5.92 Å². The Kier molecular flexibility index (Phi) is 4.45. The SMILES string of the molecule is COC1(c2nc(C(C)(C)C)c(C(=O)O)s2)CCC(C)CC1. The zero-order valence-corrected chi connectivity index (χ0v) is 14.3. The predicted molar refractivity (Wildman–Crippen MR) is 84.1 cm³/mol. The van der Waals surface area contributed by atoms with Crippen LogP contribution >= 0.6 is 11.3 Å². The molecule has 1 fully saturated rings. The van der Waals surface area contributed by atoms with Gasteiger partial charge in [0.05, 0.1) is 5.69 Å². The van der Waals surface area contributed by atoms with Gasteiger partial charge in [-0.25, -0.2) is 9.78 Å². The van der Waals surface area contributed by atoms with Crippen molar-refractivity contribution in [3.05, 3.63) is 15.6 Å². The number of methoxy groups -OCH3 is 1. The lowest BCUT2D eigenvalue weighted by Gasteiger charge is -2.36. The minimum Gasteiger partial charge on any atom is -0.477 e. The van der Waals surface area contributed by atoms with Gasteiger partial charge in [-0.05, 0) is 31.6 Å². The first-order valence-electron chi connectivity index (χ1n) is 7.50. The molecule has 1 N–H and O–H groups in total. The first-order valence-corrected chi connectivity index (χ1v) is 8.31. The van der Waals surface area contributed by atoms with Crippen LogP contribution in [0.3, 0.4) is 0 Å². The van der Waals surface area contributed by atoms with Crippen molar-refractivity contribution >= 4 is 17.3 Å². The molecule has 0 bridgehead atoms. The average molecular weight is 311 g/mol. The highest BCUT2D eigenvalue weighted by Gasteiger charge is 2.41. The van der Waals surface area contributed by atoms with Gasteiger partial charge >= 0.3 is 5.97 Å². The lowest BCUT2D eigenvalue weighted by molar-refractivity contribution is -0.0532. The molecule has 0 saturated heterocycles. The molecular weight excluding hydrogens is 286 g/mol. The van der Waals surface area contributed by atoms with Crippen LogP contribution in [0.25, 0.3) is 0 Å². The van der Waals surface area contributed by atoms with Crippen LogP contribution in [-0.4, -0.2) is 23.2 Å². The molecule has 4 nitrogen and oxygen atoms in total. The Labute approximate surface area is 130 Å². The number of hydrogen-bond acceptors (Lipinski definition) is 4. The summed E-state index contributed by atoms with van der Waals surface area (Å²) in [6.07, 6.45) is 4.03. The summed E-state index contributed by atoms with van der Waals surface area (Å²) in [6, 6.07) is 0. The van der Waals surface area contributed by atoms with E-state index in [9.17, 15) is 9.90 Å². The normalized spacial score (nSPS) is 26.8. The molecule has 0 aliphatic heterocycles. The molecule has 118 valence electrons. The van der Waals surface area contributed by atoms with Gasteiger partial charge in [0, 0.05) is 12.5 Å². The summed E-state index contributed by atoms with van der Waals surface area (Å²) in [5.41, 5.74) is -0.00501. The van der Waals surface area contributed by atoms with Crippen LogP contribution in [0.2, 0.25) is 0 Å². The molecule has 0 unspecified atom stereocenters. The second kappa shape index (κ2) is 5.69. The number of ether oxygens (including phenoxy) is 1. The maximum Gasteiger partial charge on any atom is 0.347 e. The third-order valence-electron chi connectivity index (χ3n) is 4.39. The Morgan fingerprint density at radius 3 is 2.33 bits per heavy atom. The number of hydrogen-bond donors (Lipinski definition) is 1. The smallest absolute Gasteiger partial charge is 0.347 e. The largest absolute Gasteiger partial charge is 0.477 e. The molecule has 1 saturated carbocycles. The van der Waals surface area contributed by atoms with Gasteiger partial charge in [0.25, 0.3) is 0 Å². The van der Waals surface area contributed by atoms with E-state index in [1.165, 1.54) is 11.3 Å². The number of aromatic carboxylic acids is 1. The summed E-state index contributed by atoms with van der Waals surface area (Å²) in [5.74, 6) is -0.187. The number of aromatic nitrogens is 1. The zero-order chi connectivity index (χ0) is 15.8. The lowest BCUT2D eigenvalue weighted by atomic mass is 9.79. The van der Waals surface area contributed by atoms with E-state index in [1.807, 2.05) is 20.8 Å². The molecule has 21 heavy (non-hydrogen) atoms. The fourth-order valence-electron chi connectivity index (χ4n) is 2.90. The zero-order valence-electron chi connectivity index (χ0n) is 13.5. The van der Waals surface area contributed by atoms with E-state index in [-0.39, 0.29) is 5.41 Å². The van der Waals surface area contributed by atoms with E-state index in [0.717, 1.165) is 30.7 Å². The topological polar surface area (TPSA) is 59.4 Å². The molecule has 1 aromatic rings. The van der Waals surface area contributed by atoms with Crippen LogP contribution < -0.4 is 0 Å². The number of nitrogens with zero attached hydrogens (tertiary/aromatic N) is 1. The van der Waals surface area contributed by atoms with Crippen LogP contribution in [-0.2, 0) is 15.8 Å². The standard InChI is InChI=1S/C16H25NO3S/c1-10-6-8-16(20-5,9-7-10)14-17-12(15(2,3)4)11(21-14)13(18)19/h10H,6-9H2,1-5H3,(H,18,19). The highest BCUT2D eigenvalue weighted by Crippen LogP contribution is 2.45. The van der Waals surface area contributed by atoms with Crippen molar-refractivity contribution in [2.75, 3.05) is 7.11 Å². The second-order valence-corrected chi connectivity index (χ2v) is 8.13. The minimum atomic E-state index is -0.890. The van der Waals surface area contributed by atoms with E-state index >= 15 is 0 Å². The highest BCUT2D eigenvalue weighted by molar-refractivity contribution is 7.13. The molecule has 0 aromatic carbocycles. The molecule has 1 heterocycles. The van der Waals surface area contributed by atoms with Crippen molar-refractivity contribution < 1.29 is 14.6 Å². The first-order chi connectivity index (χ1) is 9.69. The average Bonchev–Trinajstić information content (AvgIpc) is 2.86. The van der Waals surface area contributed by atoms with E-state index in [0.29, 0.717) is 16.5 Å². The van der Waals surface area contributed by atoms with Crippen LogP contribution in [0.1, 0.15) is 73.8 Å². The van der Waals surface area contributed by atoms with Crippen LogP contribution in [0, 0.1) is 5.92 Å². The maximum absolute atomic E-state index is 11.5. The van der Waals surface area contributed by atoms with E-state index in [2.05, 4.69) is 6.92 Å². The van der Waals surface area contributed by atoms with Gasteiger partial charge in [0.15, 0.2) is 0 Å². The second-order valence-electron chi connectivity index (χ2n) is 7.13. The quantitative estimate of drug-likeness (QED) is 0.909. The van der Waals surface area contributed by atoms with Gasteiger partial charge in [-0.2, -0.15) is 0 Å². The molecule has 5 heteroatoms. The summed E-state index contributed by atoms with van der Waals surface area (Å²) < 4.78 is 5.83. The first kappa shape index (κ1) is 16.4. The van der Waals surface area contributed by atoms with Crippen molar-refractivity contribution in [1.29, 1.82) is 0 Å². The fourth-order valence-corrected chi connectivity index (χ4v) is 4.24. The van der Waals surface area contributed by atoms with Gasteiger partial charge in [-0.3, -0.25) is 0 Å². The monoisotopic (exact) mass is 311 g/mol. The van der Waals surface area contributed by atoms with Crippen molar-refractivity contribution in [2.45, 2.75) is 64.4 Å². The van der Waals surface area contributed by atoms with Crippen LogP contribution in [0.15, 0.2) is 0 Å². The third kappa shape index (κ3) is 3.14. The van der Waals surface area contributed by atoms with E-state index < -0.39 is 11.6 Å². The number of thiazole rings is 1. The van der Waals surface area contributed by atoms with Crippen LogP contribution in [0.4, 0.5) is 0 Å². The Bertz CT molecular complexity index is 522. The molecule has 2 rings (SSSR count). The lowest BCUT2D eigenvalue weighted by Crippen LogP contribution is -2.33. The molecule has 0 amide bonds. The molecular formula is C16H25NO3S. The molecule has 1 aliphatic carbocycles. The summed E-state index contributed by atoms with van der Waals surface area (Å²) in [6.45, 7) is 8.26. The summed E-state index contributed by atoms with van der Waals surface area (Å²) >= 11 is 1.29. The molecule has 0 spiro atoms.